The summed E-state index contributed by atoms with van der Waals surface area (Å²) in [4.78, 5) is 30.9. The third-order valence-corrected chi connectivity index (χ3v) is 5.61. The van der Waals surface area contributed by atoms with Crippen LogP contribution in [-0.4, -0.2) is 72.9 Å². The Labute approximate surface area is 181 Å². The summed E-state index contributed by atoms with van der Waals surface area (Å²) < 4.78 is 29.7. The number of para-hydroxylation sites is 1. The van der Waals surface area contributed by atoms with E-state index in [0.717, 1.165) is 5.56 Å². The molecule has 2 amide bonds. The molecule has 0 bridgehead atoms. The fraction of sp³-hybridized carbons (Fsp3) is 0.391. The van der Waals surface area contributed by atoms with Crippen molar-refractivity contribution in [3.63, 3.8) is 0 Å². The Hall–Kier alpha value is -3.00. The SMILES string of the molecule is CC(c1ccccc1)N(C)C(=O)CN1CCN(C(=O)c2ccccc2OC(F)F)CC1. The van der Waals surface area contributed by atoms with Gasteiger partial charge in [0, 0.05) is 33.2 Å². The third-order valence-electron chi connectivity index (χ3n) is 5.61. The Morgan fingerprint density at radius 3 is 2.26 bits per heavy atom. The molecule has 0 N–H and O–H groups in total. The molecule has 166 valence electrons. The van der Waals surface area contributed by atoms with Crippen LogP contribution in [0.2, 0.25) is 0 Å². The van der Waals surface area contributed by atoms with Crippen molar-refractivity contribution in [2.45, 2.75) is 19.6 Å². The first-order valence-electron chi connectivity index (χ1n) is 10.2. The molecule has 31 heavy (non-hydrogen) atoms. The molecule has 1 unspecified atom stereocenters. The van der Waals surface area contributed by atoms with Crippen LogP contribution in [0.25, 0.3) is 0 Å². The van der Waals surface area contributed by atoms with Gasteiger partial charge in [0.05, 0.1) is 18.2 Å². The molecule has 2 aromatic carbocycles. The van der Waals surface area contributed by atoms with Crippen LogP contribution in [0, 0.1) is 0 Å². The minimum atomic E-state index is -2.99. The molecule has 1 fully saturated rings. The van der Waals surface area contributed by atoms with Gasteiger partial charge in [-0.05, 0) is 24.6 Å². The molecule has 0 aromatic heterocycles. The Morgan fingerprint density at radius 2 is 1.61 bits per heavy atom. The normalized spacial score (nSPS) is 15.6. The number of carbonyl (C=O) groups is 2. The van der Waals surface area contributed by atoms with Crippen molar-refractivity contribution in [1.29, 1.82) is 0 Å². The largest absolute Gasteiger partial charge is 0.434 e. The molecule has 3 rings (SSSR count). The van der Waals surface area contributed by atoms with Crippen molar-refractivity contribution in [2.24, 2.45) is 0 Å². The van der Waals surface area contributed by atoms with Crippen molar-refractivity contribution in [3.05, 3.63) is 65.7 Å². The highest BCUT2D eigenvalue weighted by Crippen LogP contribution is 2.23. The Kier molecular flexibility index (Phi) is 7.57. The monoisotopic (exact) mass is 431 g/mol. The maximum absolute atomic E-state index is 12.8. The lowest BCUT2D eigenvalue weighted by Gasteiger charge is -2.36. The molecule has 1 heterocycles. The quantitative estimate of drug-likeness (QED) is 0.675. The number of carbonyl (C=O) groups excluding carboxylic acids is 2. The predicted octanol–water partition coefficient (Wildman–Crippen LogP) is 3.27. The number of piperazine rings is 1. The number of halogens is 2. The minimum absolute atomic E-state index is 0.00630. The molecule has 1 atom stereocenters. The van der Waals surface area contributed by atoms with Gasteiger partial charge in [-0.1, -0.05) is 42.5 Å². The van der Waals surface area contributed by atoms with Crippen LogP contribution < -0.4 is 4.74 Å². The molecule has 2 aromatic rings. The predicted molar refractivity (Wildman–Crippen MR) is 113 cm³/mol. The van der Waals surface area contributed by atoms with E-state index < -0.39 is 6.61 Å². The van der Waals surface area contributed by atoms with Crippen LogP contribution in [-0.2, 0) is 4.79 Å². The zero-order valence-corrected chi connectivity index (χ0v) is 17.7. The number of hydrogen-bond acceptors (Lipinski definition) is 4. The number of ether oxygens (including phenoxy) is 1. The average Bonchev–Trinajstić information content (AvgIpc) is 2.78. The van der Waals surface area contributed by atoms with Gasteiger partial charge < -0.3 is 14.5 Å². The highest BCUT2D eigenvalue weighted by atomic mass is 19.3. The van der Waals surface area contributed by atoms with Crippen molar-refractivity contribution < 1.29 is 23.1 Å². The van der Waals surface area contributed by atoms with E-state index >= 15 is 0 Å². The van der Waals surface area contributed by atoms with Crippen molar-refractivity contribution in [3.8, 4) is 5.75 Å². The van der Waals surface area contributed by atoms with Gasteiger partial charge in [-0.25, -0.2) is 0 Å². The van der Waals surface area contributed by atoms with E-state index in [1.54, 1.807) is 29.0 Å². The van der Waals surface area contributed by atoms with E-state index in [0.29, 0.717) is 26.2 Å². The van der Waals surface area contributed by atoms with Crippen molar-refractivity contribution in [1.82, 2.24) is 14.7 Å². The lowest BCUT2D eigenvalue weighted by Crippen LogP contribution is -2.51. The molecule has 0 aliphatic carbocycles. The van der Waals surface area contributed by atoms with Gasteiger partial charge in [0.2, 0.25) is 5.91 Å². The van der Waals surface area contributed by atoms with Gasteiger partial charge in [0.15, 0.2) is 0 Å². The van der Waals surface area contributed by atoms with E-state index in [1.165, 1.54) is 12.1 Å². The molecule has 1 aliphatic heterocycles. The second-order valence-electron chi connectivity index (χ2n) is 7.53. The molecule has 6 nitrogen and oxygen atoms in total. The van der Waals surface area contributed by atoms with Gasteiger partial charge in [0.1, 0.15) is 5.75 Å². The number of alkyl halides is 2. The Morgan fingerprint density at radius 1 is 1.00 bits per heavy atom. The van der Waals surface area contributed by atoms with Crippen LogP contribution in [0.5, 0.6) is 5.75 Å². The first-order chi connectivity index (χ1) is 14.9. The van der Waals surface area contributed by atoms with E-state index in [1.807, 2.05) is 42.2 Å². The summed E-state index contributed by atoms with van der Waals surface area (Å²) >= 11 is 0. The Balaban J connectivity index is 1.54. The summed E-state index contributed by atoms with van der Waals surface area (Å²) in [6, 6.07) is 15.8. The minimum Gasteiger partial charge on any atom is -0.434 e. The second kappa shape index (κ2) is 10.3. The lowest BCUT2D eigenvalue weighted by atomic mass is 10.1. The molecule has 0 spiro atoms. The summed E-state index contributed by atoms with van der Waals surface area (Å²) in [5, 5.41) is 0. The van der Waals surface area contributed by atoms with Gasteiger partial charge in [-0.2, -0.15) is 8.78 Å². The molecular formula is C23H27F2N3O3. The third kappa shape index (κ3) is 5.79. The van der Waals surface area contributed by atoms with Gasteiger partial charge in [-0.15, -0.1) is 0 Å². The van der Waals surface area contributed by atoms with Crippen LogP contribution in [0.3, 0.4) is 0 Å². The van der Waals surface area contributed by atoms with Gasteiger partial charge in [0.25, 0.3) is 5.91 Å². The van der Waals surface area contributed by atoms with E-state index in [2.05, 4.69) is 4.74 Å². The summed E-state index contributed by atoms with van der Waals surface area (Å²) in [6.45, 7) is 1.14. The number of rotatable bonds is 7. The number of benzene rings is 2. The molecule has 0 radical (unpaired) electrons. The first kappa shape index (κ1) is 22.7. The zero-order valence-electron chi connectivity index (χ0n) is 17.7. The average molecular weight is 431 g/mol. The molecule has 1 saturated heterocycles. The maximum atomic E-state index is 12.8. The highest BCUT2D eigenvalue weighted by Gasteiger charge is 2.27. The number of amides is 2. The summed E-state index contributed by atoms with van der Waals surface area (Å²) in [6.07, 6.45) is 0. The Bertz CT molecular complexity index is 887. The van der Waals surface area contributed by atoms with Crippen molar-refractivity contribution in [2.75, 3.05) is 39.8 Å². The molecular weight excluding hydrogens is 404 g/mol. The highest BCUT2D eigenvalue weighted by molar-refractivity contribution is 5.97. The van der Waals surface area contributed by atoms with Crippen LogP contribution >= 0.6 is 0 Å². The number of hydrogen-bond donors (Lipinski definition) is 0. The van der Waals surface area contributed by atoms with Gasteiger partial charge in [-0.3, -0.25) is 14.5 Å². The van der Waals surface area contributed by atoms with E-state index in [4.69, 9.17) is 0 Å². The second-order valence-corrected chi connectivity index (χ2v) is 7.53. The number of nitrogens with zero attached hydrogens (tertiary/aromatic N) is 3. The fourth-order valence-electron chi connectivity index (χ4n) is 3.60. The summed E-state index contributed by atoms with van der Waals surface area (Å²) in [5.41, 5.74) is 1.18. The smallest absolute Gasteiger partial charge is 0.387 e. The lowest BCUT2D eigenvalue weighted by molar-refractivity contribution is -0.133. The van der Waals surface area contributed by atoms with Crippen LogP contribution in [0.1, 0.15) is 28.9 Å². The van der Waals surface area contributed by atoms with Crippen molar-refractivity contribution >= 4 is 11.8 Å². The molecule has 0 saturated carbocycles. The van der Waals surface area contributed by atoms with Crippen LogP contribution in [0.15, 0.2) is 54.6 Å². The molecule has 1 aliphatic rings. The van der Waals surface area contributed by atoms with E-state index in [9.17, 15) is 18.4 Å². The summed E-state index contributed by atoms with van der Waals surface area (Å²) in [5.74, 6) is -0.472. The van der Waals surface area contributed by atoms with E-state index in [-0.39, 0.29) is 35.7 Å². The standard InChI is InChI=1S/C23H27F2N3O3/c1-17(18-8-4-3-5-9-18)26(2)21(29)16-27-12-14-28(15-13-27)22(30)19-10-6-7-11-20(19)31-23(24)25/h3-11,17,23H,12-16H2,1-2H3. The van der Waals surface area contributed by atoms with Crippen LogP contribution in [0.4, 0.5) is 8.78 Å². The maximum Gasteiger partial charge on any atom is 0.387 e. The fourth-order valence-corrected chi connectivity index (χ4v) is 3.60. The zero-order chi connectivity index (χ0) is 22.4. The molecule has 8 heteroatoms. The first-order valence-corrected chi connectivity index (χ1v) is 10.2. The number of likely N-dealkylation sites (N-methyl/N-ethyl adjacent to an activating group) is 1. The topological polar surface area (TPSA) is 53.1 Å². The summed E-state index contributed by atoms with van der Waals surface area (Å²) in [7, 11) is 1.79. The van der Waals surface area contributed by atoms with Gasteiger partial charge >= 0.3 is 6.61 Å².